The van der Waals surface area contributed by atoms with Gasteiger partial charge < -0.3 is 9.47 Å². The number of nitrogens with zero attached hydrogens (tertiary/aromatic N) is 1. The van der Waals surface area contributed by atoms with Gasteiger partial charge in [0.1, 0.15) is 23.2 Å². The number of allylic oxidation sites excluding steroid dienone is 2. The normalized spacial score (nSPS) is 24.6. The lowest BCUT2D eigenvalue weighted by atomic mass is 10.2. The summed E-state index contributed by atoms with van der Waals surface area (Å²) >= 11 is 0. The minimum Gasteiger partial charge on any atom is -0.497 e. The van der Waals surface area contributed by atoms with Crippen LogP contribution in [0.2, 0.25) is 0 Å². The van der Waals surface area contributed by atoms with Crippen molar-refractivity contribution in [2.24, 2.45) is 4.40 Å². The number of hydrogen-bond acceptors (Lipinski definition) is 4. The van der Waals surface area contributed by atoms with Crippen molar-refractivity contribution in [3.05, 3.63) is 24.7 Å². The lowest BCUT2D eigenvalue weighted by Gasteiger charge is -2.23. The molecule has 0 spiro atoms. The molecule has 2 aliphatic rings. The molecule has 0 radical (unpaired) electrons. The van der Waals surface area contributed by atoms with Crippen molar-refractivity contribution in [3.63, 3.8) is 0 Å². The van der Waals surface area contributed by atoms with E-state index in [0.29, 0.717) is 6.54 Å². The maximum atomic E-state index is 11.6. The van der Waals surface area contributed by atoms with Gasteiger partial charge in [0, 0.05) is 6.54 Å². The summed E-state index contributed by atoms with van der Waals surface area (Å²) < 4.78 is 40.3. The molecule has 0 bridgehead atoms. The molecule has 0 fully saturated rings. The van der Waals surface area contributed by atoms with E-state index in [1.54, 1.807) is 18.7 Å². The first kappa shape index (κ1) is 25.0. The molecule has 2 rings (SSSR count). The Balaban J connectivity index is 0.000000280. The fourth-order valence-corrected chi connectivity index (χ4v) is 3.40. The van der Waals surface area contributed by atoms with Gasteiger partial charge in [-0.1, -0.05) is 0 Å². The topological polar surface area (TPSA) is 77.0 Å². The molecule has 2 aliphatic heterocycles. The van der Waals surface area contributed by atoms with Crippen LogP contribution in [0.25, 0.3) is 0 Å². The zero-order valence-corrected chi connectivity index (χ0v) is 19.6. The van der Waals surface area contributed by atoms with Crippen LogP contribution >= 0.6 is 0 Å². The lowest BCUT2D eigenvalue weighted by molar-refractivity contribution is 0.128. The van der Waals surface area contributed by atoms with E-state index in [1.165, 1.54) is 0 Å². The van der Waals surface area contributed by atoms with Crippen molar-refractivity contribution in [2.75, 3.05) is 6.54 Å². The van der Waals surface area contributed by atoms with Crippen LogP contribution in [0, 0.1) is 0 Å². The molecule has 162 valence electrons. The van der Waals surface area contributed by atoms with Gasteiger partial charge in [-0.3, -0.25) is 0 Å². The zero-order chi connectivity index (χ0) is 21.2. The van der Waals surface area contributed by atoms with Crippen molar-refractivity contribution in [3.8, 4) is 0 Å². The summed E-state index contributed by atoms with van der Waals surface area (Å²) in [5.74, 6) is 0. The second-order valence-corrected chi connectivity index (χ2v) is 12.7. The highest BCUT2D eigenvalue weighted by Gasteiger charge is 2.21. The fraction of sp³-hybridized carbons (Fsp3) is 0.750. The summed E-state index contributed by atoms with van der Waals surface area (Å²) in [5, 5.41) is 0. The van der Waals surface area contributed by atoms with Crippen molar-refractivity contribution in [1.82, 2.24) is 4.72 Å². The van der Waals surface area contributed by atoms with Crippen molar-refractivity contribution < 1.29 is 17.9 Å². The lowest BCUT2D eigenvalue weighted by Crippen LogP contribution is -2.38. The Morgan fingerprint density at radius 3 is 2.07 bits per heavy atom. The summed E-state index contributed by atoms with van der Waals surface area (Å²) in [6.45, 7) is 12.2. The van der Waals surface area contributed by atoms with Crippen LogP contribution in [-0.4, -0.2) is 42.9 Å². The van der Waals surface area contributed by atoms with Gasteiger partial charge in [-0.25, -0.2) is 13.1 Å². The van der Waals surface area contributed by atoms with Gasteiger partial charge in [0.25, 0.3) is 0 Å². The molecule has 2 heterocycles. The maximum absolute atomic E-state index is 11.6. The second kappa shape index (κ2) is 11.9. The quantitative estimate of drug-likeness (QED) is 0.668. The Hall–Kier alpha value is -0.990. The predicted molar refractivity (Wildman–Crippen MR) is 119 cm³/mol. The number of hydrogen-bond donors (Lipinski definition) is 1. The zero-order valence-electron chi connectivity index (χ0n) is 18.0. The molecule has 0 saturated heterocycles. The molecule has 0 amide bonds. The molecule has 1 N–H and O–H groups in total. The summed E-state index contributed by atoms with van der Waals surface area (Å²) in [6.07, 6.45) is 13.2. The van der Waals surface area contributed by atoms with Crippen molar-refractivity contribution in [2.45, 2.75) is 88.9 Å². The van der Waals surface area contributed by atoms with Crippen molar-refractivity contribution >= 4 is 28.2 Å². The predicted octanol–water partition coefficient (Wildman–Crippen LogP) is 3.94. The third kappa shape index (κ3) is 10.5. The van der Waals surface area contributed by atoms with Crippen LogP contribution in [-0.2, 0) is 31.4 Å². The van der Waals surface area contributed by atoms with E-state index in [0.717, 1.165) is 25.7 Å². The average Bonchev–Trinajstić information content (AvgIpc) is 2.64. The van der Waals surface area contributed by atoms with Crippen molar-refractivity contribution in [1.29, 1.82) is 0 Å². The van der Waals surface area contributed by atoms with Crippen LogP contribution < -0.4 is 4.72 Å². The molecule has 0 saturated carbocycles. The largest absolute Gasteiger partial charge is 0.497 e. The number of ether oxygens (including phenoxy) is 2. The molecule has 8 heteroatoms. The number of rotatable bonds is 5. The van der Waals surface area contributed by atoms with E-state index in [2.05, 4.69) is 9.12 Å². The van der Waals surface area contributed by atoms with Gasteiger partial charge in [0.15, 0.2) is 0 Å². The van der Waals surface area contributed by atoms with Gasteiger partial charge >= 0.3 is 0 Å². The van der Waals surface area contributed by atoms with Gasteiger partial charge in [-0.05, 0) is 79.4 Å². The Morgan fingerprint density at radius 2 is 1.61 bits per heavy atom. The van der Waals surface area contributed by atoms with E-state index in [1.807, 2.05) is 53.7 Å². The first-order valence-corrected chi connectivity index (χ1v) is 12.0. The van der Waals surface area contributed by atoms with E-state index >= 15 is 0 Å². The molecule has 0 unspecified atom stereocenters. The summed E-state index contributed by atoms with van der Waals surface area (Å²) in [4.78, 5) is 0. The summed E-state index contributed by atoms with van der Waals surface area (Å²) in [6, 6.07) is 0. The first-order valence-electron chi connectivity index (χ1n) is 9.72. The van der Waals surface area contributed by atoms with E-state index in [9.17, 15) is 8.42 Å². The maximum Gasteiger partial charge on any atom is 0.144 e. The highest BCUT2D eigenvalue weighted by molar-refractivity contribution is 7.85. The molecular weight excluding hydrogens is 396 g/mol. The minimum absolute atomic E-state index is 0.00806. The smallest absolute Gasteiger partial charge is 0.144 e. The van der Waals surface area contributed by atoms with E-state index < -0.39 is 22.0 Å². The fourth-order valence-electron chi connectivity index (χ4n) is 2.06. The second-order valence-electron chi connectivity index (χ2n) is 8.68. The van der Waals surface area contributed by atoms with E-state index in [-0.39, 0.29) is 21.7 Å². The van der Waals surface area contributed by atoms with Crippen LogP contribution in [0.1, 0.15) is 67.2 Å². The Bertz CT molecular complexity index is 604. The highest BCUT2D eigenvalue weighted by Crippen LogP contribution is 2.14. The Morgan fingerprint density at radius 1 is 1.00 bits per heavy atom. The third-order valence-corrected chi connectivity index (χ3v) is 6.74. The molecule has 4 atom stereocenters. The minimum atomic E-state index is -1.17. The number of nitrogens with one attached hydrogen (secondary N) is 1. The van der Waals surface area contributed by atoms with Crippen LogP contribution in [0.5, 0.6) is 0 Å². The third-order valence-electron chi connectivity index (χ3n) is 3.83. The molecule has 0 aromatic heterocycles. The average molecular weight is 433 g/mol. The molecule has 0 aromatic carbocycles. The molecule has 6 nitrogen and oxygen atoms in total. The summed E-state index contributed by atoms with van der Waals surface area (Å²) in [5.41, 5.74) is 0. The van der Waals surface area contributed by atoms with Gasteiger partial charge in [-0.15, -0.1) is 0 Å². The molecule has 0 aromatic rings. The van der Waals surface area contributed by atoms with Gasteiger partial charge in [0.2, 0.25) is 0 Å². The standard InChI is InChI=1S/C10H19NO2S.C10H17NO2S/c2*1-10(2,3)14(12)11-8-9-6-4-5-7-13-9/h5,7,9,11H,4,6,8H2,1-3H3;5,7-9H,4,6H2,1-3H3/t2*9-,14-/m00/s1. The van der Waals surface area contributed by atoms with Crippen LogP contribution in [0.3, 0.4) is 0 Å². The SMILES string of the molecule is CC(C)(C)[S@](=O)N=C[C@@H]1CCC=CO1.CC(C)(C)[S@](=O)NC[C@@H]1CCC=CO1. The highest BCUT2D eigenvalue weighted by atomic mass is 32.2. The molecular formula is C20H36N2O4S2. The van der Waals surface area contributed by atoms with Crippen LogP contribution in [0.4, 0.5) is 0 Å². The Labute approximate surface area is 175 Å². The monoisotopic (exact) mass is 432 g/mol. The van der Waals surface area contributed by atoms with Gasteiger partial charge in [-0.2, -0.15) is 4.40 Å². The Kier molecular flexibility index (Phi) is 10.6. The van der Waals surface area contributed by atoms with Crippen LogP contribution in [0.15, 0.2) is 29.1 Å². The summed E-state index contributed by atoms with van der Waals surface area (Å²) in [7, 11) is -2.17. The first-order chi connectivity index (χ1) is 13.0. The van der Waals surface area contributed by atoms with Gasteiger partial charge in [0.05, 0.1) is 39.2 Å². The van der Waals surface area contributed by atoms with E-state index in [4.69, 9.17) is 9.47 Å². The molecule has 28 heavy (non-hydrogen) atoms. The molecule has 0 aliphatic carbocycles.